The topological polar surface area (TPSA) is 50.7 Å². The Hall–Kier alpha value is -1.49. The number of fused-ring (bicyclic) bond motifs is 1. The van der Waals surface area contributed by atoms with E-state index in [1.165, 1.54) is 0 Å². The Kier molecular flexibility index (Phi) is 2.19. The van der Waals surface area contributed by atoms with Gasteiger partial charge in [-0.15, -0.1) is 0 Å². The molecule has 1 aliphatic rings. The third-order valence-corrected chi connectivity index (χ3v) is 3.43. The molecule has 5 heteroatoms. The Morgan fingerprint density at radius 1 is 1.47 bits per heavy atom. The molecule has 1 N–H and O–H groups in total. The smallest absolute Gasteiger partial charge is 0.261 e. The first-order valence-electron chi connectivity index (χ1n) is 5.70. The van der Waals surface area contributed by atoms with Crippen molar-refractivity contribution in [3.8, 4) is 0 Å². The molecule has 0 aromatic carbocycles. The van der Waals surface area contributed by atoms with Crippen LogP contribution in [0.1, 0.15) is 30.1 Å². The zero-order valence-electron chi connectivity index (χ0n) is 9.78. The van der Waals surface area contributed by atoms with Crippen molar-refractivity contribution in [1.82, 2.24) is 14.5 Å². The summed E-state index contributed by atoms with van der Waals surface area (Å²) >= 11 is 5.24. The Labute approximate surface area is 103 Å². The molecule has 1 saturated carbocycles. The van der Waals surface area contributed by atoms with Crippen LogP contribution >= 0.6 is 12.2 Å². The van der Waals surface area contributed by atoms with Crippen molar-refractivity contribution in [2.75, 3.05) is 0 Å². The highest BCUT2D eigenvalue weighted by molar-refractivity contribution is 7.71. The van der Waals surface area contributed by atoms with E-state index in [4.69, 9.17) is 12.2 Å². The van der Waals surface area contributed by atoms with E-state index >= 15 is 0 Å². The van der Waals surface area contributed by atoms with Crippen molar-refractivity contribution in [2.24, 2.45) is 0 Å². The number of pyridine rings is 1. The zero-order chi connectivity index (χ0) is 12.2. The van der Waals surface area contributed by atoms with Crippen LogP contribution in [0.15, 0.2) is 10.9 Å². The minimum absolute atomic E-state index is 0.132. The van der Waals surface area contributed by atoms with E-state index in [1.807, 2.05) is 24.5 Å². The molecule has 2 aromatic heterocycles. The molecule has 0 atom stereocenters. The summed E-state index contributed by atoms with van der Waals surface area (Å²) in [6, 6.07) is 2.34. The molecule has 2 heterocycles. The van der Waals surface area contributed by atoms with Crippen LogP contribution in [0.4, 0.5) is 0 Å². The molecule has 88 valence electrons. The van der Waals surface area contributed by atoms with Gasteiger partial charge in [-0.05, 0) is 50.5 Å². The molecule has 0 amide bonds. The van der Waals surface area contributed by atoms with Crippen molar-refractivity contribution >= 4 is 23.3 Å². The Morgan fingerprint density at radius 2 is 2.18 bits per heavy atom. The number of H-pyrrole nitrogens is 1. The van der Waals surface area contributed by atoms with Crippen LogP contribution in [0, 0.1) is 18.6 Å². The summed E-state index contributed by atoms with van der Waals surface area (Å²) < 4.78 is 2.48. The quantitative estimate of drug-likeness (QED) is 0.787. The number of nitrogens with one attached hydrogen (secondary N) is 1. The first-order valence-corrected chi connectivity index (χ1v) is 6.11. The molecule has 0 bridgehead atoms. The van der Waals surface area contributed by atoms with Crippen LogP contribution in [-0.2, 0) is 0 Å². The fraction of sp³-hybridized carbons (Fsp3) is 0.417. The van der Waals surface area contributed by atoms with Gasteiger partial charge >= 0.3 is 0 Å². The predicted octanol–water partition coefficient (Wildman–Crippen LogP) is 2.41. The number of aromatic nitrogens is 3. The van der Waals surface area contributed by atoms with Crippen molar-refractivity contribution in [3.63, 3.8) is 0 Å². The average Bonchev–Trinajstić information content (AvgIpc) is 2.99. The van der Waals surface area contributed by atoms with Gasteiger partial charge in [0, 0.05) is 11.7 Å². The SMILES string of the molecule is Cc1cc(C)c2c(=O)[nH]c(=S)n(C3CC3)c2n1. The van der Waals surface area contributed by atoms with Gasteiger partial charge in [-0.3, -0.25) is 14.3 Å². The van der Waals surface area contributed by atoms with E-state index in [-0.39, 0.29) is 5.56 Å². The maximum absolute atomic E-state index is 12.0. The lowest BCUT2D eigenvalue weighted by Crippen LogP contribution is -2.16. The van der Waals surface area contributed by atoms with E-state index in [0.29, 0.717) is 16.2 Å². The van der Waals surface area contributed by atoms with Gasteiger partial charge in [0.2, 0.25) is 0 Å². The first-order chi connectivity index (χ1) is 8.08. The van der Waals surface area contributed by atoms with Crippen molar-refractivity contribution in [3.05, 3.63) is 32.4 Å². The molecule has 0 aliphatic heterocycles. The molecule has 17 heavy (non-hydrogen) atoms. The number of aromatic amines is 1. The highest BCUT2D eigenvalue weighted by Gasteiger charge is 2.26. The molecule has 2 aromatic rings. The fourth-order valence-corrected chi connectivity index (χ4v) is 2.59. The van der Waals surface area contributed by atoms with E-state index in [0.717, 1.165) is 29.7 Å². The van der Waals surface area contributed by atoms with Gasteiger partial charge in [-0.1, -0.05) is 0 Å². The number of aryl methyl sites for hydroxylation is 2. The second-order valence-electron chi connectivity index (χ2n) is 4.64. The molecule has 0 spiro atoms. The lowest BCUT2D eigenvalue weighted by molar-refractivity contribution is 0.720. The summed E-state index contributed by atoms with van der Waals surface area (Å²) in [5, 5.41) is 0.663. The van der Waals surface area contributed by atoms with Crippen LogP contribution in [-0.4, -0.2) is 14.5 Å². The fourth-order valence-electron chi connectivity index (χ4n) is 2.26. The minimum atomic E-state index is -0.132. The largest absolute Gasteiger partial charge is 0.299 e. The van der Waals surface area contributed by atoms with Crippen LogP contribution in [0.5, 0.6) is 0 Å². The predicted molar refractivity (Wildman–Crippen MR) is 68.9 cm³/mol. The molecule has 0 radical (unpaired) electrons. The van der Waals surface area contributed by atoms with Gasteiger partial charge in [0.15, 0.2) is 4.77 Å². The summed E-state index contributed by atoms with van der Waals surface area (Å²) in [7, 11) is 0. The monoisotopic (exact) mass is 247 g/mol. The van der Waals surface area contributed by atoms with Crippen LogP contribution < -0.4 is 5.56 Å². The maximum Gasteiger partial charge on any atom is 0.261 e. The third-order valence-electron chi connectivity index (χ3n) is 3.13. The van der Waals surface area contributed by atoms with Gasteiger partial charge in [0.05, 0.1) is 5.39 Å². The van der Waals surface area contributed by atoms with E-state index in [9.17, 15) is 4.79 Å². The molecule has 1 fully saturated rings. The summed E-state index contributed by atoms with van der Waals surface area (Å²) in [6.07, 6.45) is 2.23. The number of hydrogen-bond acceptors (Lipinski definition) is 3. The average molecular weight is 247 g/mol. The molecule has 3 rings (SSSR count). The van der Waals surface area contributed by atoms with Crippen LogP contribution in [0.25, 0.3) is 11.0 Å². The zero-order valence-corrected chi connectivity index (χ0v) is 10.6. The van der Waals surface area contributed by atoms with Gasteiger partial charge < -0.3 is 0 Å². The summed E-state index contributed by atoms with van der Waals surface area (Å²) in [5.74, 6) is 0. The lowest BCUT2D eigenvalue weighted by Gasteiger charge is -2.10. The van der Waals surface area contributed by atoms with Crippen molar-refractivity contribution < 1.29 is 0 Å². The van der Waals surface area contributed by atoms with Gasteiger partial charge in [0.25, 0.3) is 5.56 Å². The van der Waals surface area contributed by atoms with Crippen LogP contribution in [0.2, 0.25) is 0 Å². The van der Waals surface area contributed by atoms with Crippen molar-refractivity contribution in [1.29, 1.82) is 0 Å². The standard InChI is InChI=1S/C12H13N3OS/c1-6-5-7(2)13-10-9(6)11(16)14-12(17)15(10)8-3-4-8/h5,8H,3-4H2,1-2H3,(H,14,16,17). The van der Waals surface area contributed by atoms with E-state index < -0.39 is 0 Å². The van der Waals surface area contributed by atoms with E-state index in [2.05, 4.69) is 9.97 Å². The molecule has 1 aliphatic carbocycles. The highest BCUT2D eigenvalue weighted by atomic mass is 32.1. The Bertz CT molecular complexity index is 725. The summed E-state index contributed by atoms with van der Waals surface area (Å²) in [6.45, 7) is 3.88. The summed E-state index contributed by atoms with van der Waals surface area (Å²) in [4.78, 5) is 19.2. The number of nitrogens with zero attached hydrogens (tertiary/aromatic N) is 2. The van der Waals surface area contributed by atoms with Gasteiger partial charge in [-0.25, -0.2) is 4.98 Å². The normalized spacial score (nSPS) is 15.4. The van der Waals surface area contributed by atoms with Gasteiger partial charge in [-0.2, -0.15) is 0 Å². The van der Waals surface area contributed by atoms with E-state index in [1.54, 1.807) is 0 Å². The minimum Gasteiger partial charge on any atom is -0.299 e. The first kappa shape index (κ1) is 10.7. The molecule has 0 saturated heterocycles. The molecule has 4 nitrogen and oxygen atoms in total. The molecular formula is C12H13N3OS. The van der Waals surface area contributed by atoms with Gasteiger partial charge in [0.1, 0.15) is 5.65 Å². The number of hydrogen-bond donors (Lipinski definition) is 1. The summed E-state index contributed by atoms with van der Waals surface area (Å²) in [5.41, 5.74) is 2.48. The highest BCUT2D eigenvalue weighted by Crippen LogP contribution is 2.36. The Balaban J connectivity index is 2.55. The Morgan fingerprint density at radius 3 is 2.82 bits per heavy atom. The molecular weight excluding hydrogens is 234 g/mol. The molecule has 0 unspecified atom stereocenters. The van der Waals surface area contributed by atoms with Crippen LogP contribution in [0.3, 0.4) is 0 Å². The number of rotatable bonds is 1. The third kappa shape index (κ3) is 1.61. The second kappa shape index (κ2) is 3.50. The second-order valence-corrected chi connectivity index (χ2v) is 5.03. The maximum atomic E-state index is 12.0. The lowest BCUT2D eigenvalue weighted by atomic mass is 10.2. The van der Waals surface area contributed by atoms with Crippen molar-refractivity contribution in [2.45, 2.75) is 32.7 Å².